The molecule has 3 nitrogen and oxygen atoms in total. The van der Waals surface area contributed by atoms with Crippen molar-refractivity contribution < 1.29 is 4.79 Å². The van der Waals surface area contributed by atoms with E-state index in [9.17, 15) is 4.79 Å². The van der Waals surface area contributed by atoms with Crippen molar-refractivity contribution >= 4 is 5.91 Å². The first-order valence-electron chi connectivity index (χ1n) is 5.72. The van der Waals surface area contributed by atoms with Crippen LogP contribution in [0.2, 0.25) is 0 Å². The highest BCUT2D eigenvalue weighted by molar-refractivity contribution is 5.76. The van der Waals surface area contributed by atoms with Gasteiger partial charge in [0.05, 0.1) is 0 Å². The molecule has 3 heteroatoms. The fraction of sp³-hybridized carbons (Fsp3) is 0.909. The van der Waals surface area contributed by atoms with Crippen LogP contribution in [0.3, 0.4) is 0 Å². The molecule has 1 rings (SSSR count). The number of carbonyl (C=O) groups excluding carboxylic acids is 1. The minimum Gasteiger partial charge on any atom is -0.356 e. The summed E-state index contributed by atoms with van der Waals surface area (Å²) in [4.78, 5) is 11.5. The van der Waals surface area contributed by atoms with Gasteiger partial charge in [-0.2, -0.15) is 0 Å². The van der Waals surface area contributed by atoms with Crippen LogP contribution in [0.15, 0.2) is 0 Å². The molecule has 0 spiro atoms. The number of nitrogens with one attached hydrogen (secondary N) is 2. The molecule has 1 aliphatic heterocycles. The van der Waals surface area contributed by atoms with Crippen LogP contribution in [0, 0.1) is 5.92 Å². The van der Waals surface area contributed by atoms with Gasteiger partial charge >= 0.3 is 0 Å². The van der Waals surface area contributed by atoms with Crippen molar-refractivity contribution in [3.8, 4) is 0 Å². The van der Waals surface area contributed by atoms with E-state index in [2.05, 4.69) is 24.5 Å². The summed E-state index contributed by atoms with van der Waals surface area (Å²) in [6.45, 7) is 6.20. The number of carbonyl (C=O) groups is 1. The van der Waals surface area contributed by atoms with E-state index in [-0.39, 0.29) is 5.91 Å². The Kier molecular flexibility index (Phi) is 4.94. The molecule has 0 saturated carbocycles. The summed E-state index contributed by atoms with van der Waals surface area (Å²) in [5, 5.41) is 6.31. The highest BCUT2D eigenvalue weighted by Gasteiger charge is 2.17. The molecule has 14 heavy (non-hydrogen) atoms. The lowest BCUT2D eigenvalue weighted by atomic mass is 10.1. The molecular weight excluding hydrogens is 176 g/mol. The Balaban J connectivity index is 2.09. The SMILES string of the molecule is CCC(C)CNC(=O)CC1CCCN1. The predicted molar refractivity (Wildman–Crippen MR) is 58.1 cm³/mol. The lowest BCUT2D eigenvalue weighted by Crippen LogP contribution is -2.33. The Morgan fingerprint density at radius 3 is 3.00 bits per heavy atom. The topological polar surface area (TPSA) is 41.1 Å². The Bertz CT molecular complexity index is 176. The molecule has 1 amide bonds. The van der Waals surface area contributed by atoms with Gasteiger partial charge in [0.15, 0.2) is 0 Å². The number of hydrogen-bond acceptors (Lipinski definition) is 2. The van der Waals surface area contributed by atoms with Crippen LogP contribution in [0.1, 0.15) is 39.5 Å². The van der Waals surface area contributed by atoms with Gasteiger partial charge in [-0.05, 0) is 25.3 Å². The monoisotopic (exact) mass is 198 g/mol. The summed E-state index contributed by atoms with van der Waals surface area (Å²) < 4.78 is 0. The van der Waals surface area contributed by atoms with E-state index >= 15 is 0 Å². The van der Waals surface area contributed by atoms with E-state index in [4.69, 9.17) is 0 Å². The summed E-state index contributed by atoms with van der Waals surface area (Å²) in [6, 6.07) is 0.423. The average Bonchev–Trinajstić information content (AvgIpc) is 2.66. The third kappa shape index (κ3) is 4.09. The molecule has 2 unspecified atom stereocenters. The quantitative estimate of drug-likeness (QED) is 0.699. The molecule has 0 aromatic carbocycles. The molecule has 0 bridgehead atoms. The minimum atomic E-state index is 0.199. The highest BCUT2D eigenvalue weighted by atomic mass is 16.1. The van der Waals surface area contributed by atoms with Gasteiger partial charge in [-0.15, -0.1) is 0 Å². The fourth-order valence-corrected chi connectivity index (χ4v) is 1.66. The largest absolute Gasteiger partial charge is 0.356 e. The molecule has 1 saturated heterocycles. The van der Waals surface area contributed by atoms with E-state index in [0.717, 1.165) is 25.9 Å². The summed E-state index contributed by atoms with van der Waals surface area (Å²) in [5.41, 5.74) is 0. The van der Waals surface area contributed by atoms with Crippen LogP contribution in [0.25, 0.3) is 0 Å². The Hall–Kier alpha value is -0.570. The molecule has 82 valence electrons. The van der Waals surface area contributed by atoms with Crippen LogP contribution < -0.4 is 10.6 Å². The first-order valence-corrected chi connectivity index (χ1v) is 5.72. The molecule has 1 heterocycles. The zero-order chi connectivity index (χ0) is 10.4. The van der Waals surface area contributed by atoms with Crippen LogP contribution in [-0.2, 0) is 4.79 Å². The molecule has 0 aromatic rings. The van der Waals surface area contributed by atoms with Gasteiger partial charge < -0.3 is 10.6 Å². The maximum Gasteiger partial charge on any atom is 0.221 e. The first-order chi connectivity index (χ1) is 6.72. The van der Waals surface area contributed by atoms with Crippen LogP contribution in [0.5, 0.6) is 0 Å². The smallest absolute Gasteiger partial charge is 0.221 e. The van der Waals surface area contributed by atoms with Crippen molar-refractivity contribution in [3.05, 3.63) is 0 Å². The number of rotatable bonds is 5. The fourth-order valence-electron chi connectivity index (χ4n) is 1.66. The second-order valence-electron chi connectivity index (χ2n) is 4.31. The number of hydrogen-bond donors (Lipinski definition) is 2. The highest BCUT2D eigenvalue weighted by Crippen LogP contribution is 2.08. The van der Waals surface area contributed by atoms with Crippen molar-refractivity contribution in [2.24, 2.45) is 5.92 Å². The van der Waals surface area contributed by atoms with E-state index < -0.39 is 0 Å². The predicted octanol–water partition coefficient (Wildman–Crippen LogP) is 1.29. The normalized spacial score (nSPS) is 23.4. The van der Waals surface area contributed by atoms with Gasteiger partial charge in [-0.3, -0.25) is 4.79 Å². The van der Waals surface area contributed by atoms with Gasteiger partial charge in [0.25, 0.3) is 0 Å². The molecule has 2 atom stereocenters. The Labute approximate surface area is 86.6 Å². The van der Waals surface area contributed by atoms with Crippen molar-refractivity contribution in [1.29, 1.82) is 0 Å². The van der Waals surface area contributed by atoms with E-state index in [1.807, 2.05) is 0 Å². The Morgan fingerprint density at radius 1 is 1.64 bits per heavy atom. The molecule has 2 N–H and O–H groups in total. The standard InChI is InChI=1S/C11H22N2O/c1-3-9(2)8-13-11(14)7-10-5-4-6-12-10/h9-10,12H,3-8H2,1-2H3,(H,13,14). The van der Waals surface area contributed by atoms with Gasteiger partial charge in [0.2, 0.25) is 5.91 Å². The van der Waals surface area contributed by atoms with Crippen LogP contribution in [0.4, 0.5) is 0 Å². The van der Waals surface area contributed by atoms with E-state index in [1.54, 1.807) is 0 Å². The summed E-state index contributed by atoms with van der Waals surface area (Å²) >= 11 is 0. The third-order valence-corrected chi connectivity index (χ3v) is 2.94. The average molecular weight is 198 g/mol. The second kappa shape index (κ2) is 6.02. The molecule has 0 radical (unpaired) electrons. The molecular formula is C11H22N2O. The van der Waals surface area contributed by atoms with Gasteiger partial charge in [-0.25, -0.2) is 0 Å². The van der Waals surface area contributed by atoms with E-state index in [0.29, 0.717) is 18.4 Å². The lowest BCUT2D eigenvalue weighted by Gasteiger charge is -2.12. The molecule has 0 aromatic heterocycles. The van der Waals surface area contributed by atoms with Crippen LogP contribution in [-0.4, -0.2) is 25.0 Å². The van der Waals surface area contributed by atoms with Crippen molar-refractivity contribution in [2.75, 3.05) is 13.1 Å². The maximum absolute atomic E-state index is 11.5. The zero-order valence-electron chi connectivity index (χ0n) is 9.31. The van der Waals surface area contributed by atoms with Gasteiger partial charge in [0.1, 0.15) is 0 Å². The zero-order valence-corrected chi connectivity index (χ0v) is 9.31. The van der Waals surface area contributed by atoms with Crippen molar-refractivity contribution in [3.63, 3.8) is 0 Å². The molecule has 1 aliphatic rings. The Morgan fingerprint density at radius 2 is 2.43 bits per heavy atom. The minimum absolute atomic E-state index is 0.199. The van der Waals surface area contributed by atoms with Gasteiger partial charge in [0, 0.05) is 19.0 Å². The summed E-state index contributed by atoms with van der Waals surface area (Å²) in [5.74, 6) is 0.792. The third-order valence-electron chi connectivity index (χ3n) is 2.94. The summed E-state index contributed by atoms with van der Waals surface area (Å²) in [6.07, 6.45) is 4.14. The first kappa shape index (κ1) is 11.5. The summed E-state index contributed by atoms with van der Waals surface area (Å²) in [7, 11) is 0. The van der Waals surface area contributed by atoms with E-state index in [1.165, 1.54) is 6.42 Å². The van der Waals surface area contributed by atoms with Crippen LogP contribution >= 0.6 is 0 Å². The maximum atomic E-state index is 11.5. The number of amides is 1. The van der Waals surface area contributed by atoms with Crippen molar-refractivity contribution in [1.82, 2.24) is 10.6 Å². The molecule has 0 aliphatic carbocycles. The second-order valence-corrected chi connectivity index (χ2v) is 4.31. The van der Waals surface area contributed by atoms with Gasteiger partial charge in [-0.1, -0.05) is 20.3 Å². The van der Waals surface area contributed by atoms with Crippen molar-refractivity contribution in [2.45, 2.75) is 45.6 Å². The molecule has 1 fully saturated rings. The lowest BCUT2D eigenvalue weighted by molar-refractivity contribution is -0.121.